The van der Waals surface area contributed by atoms with Gasteiger partial charge < -0.3 is 9.47 Å². The smallest absolute Gasteiger partial charge is 0.306 e. The fraction of sp³-hybridized carbons (Fsp3) is 0.462. The number of esters is 2. The fourth-order valence-corrected chi connectivity index (χ4v) is 1.42. The lowest BCUT2D eigenvalue weighted by Crippen LogP contribution is -2.13. The Labute approximate surface area is 106 Å². The Morgan fingerprint density at radius 1 is 1.28 bits per heavy atom. The van der Waals surface area contributed by atoms with E-state index in [1.54, 1.807) is 25.3 Å². The van der Waals surface area contributed by atoms with Gasteiger partial charge in [-0.25, -0.2) is 0 Å². The van der Waals surface area contributed by atoms with E-state index in [-0.39, 0.29) is 37.3 Å². The number of aromatic nitrogens is 1. The second-order valence-corrected chi connectivity index (χ2v) is 4.07. The van der Waals surface area contributed by atoms with Crippen molar-refractivity contribution in [1.82, 2.24) is 4.98 Å². The van der Waals surface area contributed by atoms with E-state index in [1.165, 1.54) is 7.11 Å². The molecular formula is C13H17NO4. The van der Waals surface area contributed by atoms with Crippen molar-refractivity contribution in [2.24, 2.45) is 5.92 Å². The largest absolute Gasteiger partial charge is 0.469 e. The predicted octanol–water partition coefficient (Wildman–Crippen LogP) is 1.71. The average Bonchev–Trinajstić information content (AvgIpc) is 2.37. The molecule has 0 radical (unpaired) electrons. The standard InChI is InChI=1S/C13H17NO4/c1-10(7-12(15)17-2)8-13(16)18-9-11-5-3-4-6-14-11/h3-6,10H,7-9H2,1-2H3/t10-/m0/s1. The van der Waals surface area contributed by atoms with Crippen molar-refractivity contribution in [3.8, 4) is 0 Å². The Morgan fingerprint density at radius 3 is 2.61 bits per heavy atom. The van der Waals surface area contributed by atoms with E-state index in [0.717, 1.165) is 0 Å². The van der Waals surface area contributed by atoms with Crippen LogP contribution in [0.25, 0.3) is 0 Å². The van der Waals surface area contributed by atoms with Gasteiger partial charge >= 0.3 is 11.9 Å². The summed E-state index contributed by atoms with van der Waals surface area (Å²) >= 11 is 0. The molecule has 18 heavy (non-hydrogen) atoms. The molecule has 0 aromatic carbocycles. The molecule has 0 unspecified atom stereocenters. The summed E-state index contributed by atoms with van der Waals surface area (Å²) < 4.78 is 9.59. The van der Waals surface area contributed by atoms with E-state index in [9.17, 15) is 9.59 Å². The zero-order valence-corrected chi connectivity index (χ0v) is 10.6. The lowest BCUT2D eigenvalue weighted by atomic mass is 10.0. The van der Waals surface area contributed by atoms with Gasteiger partial charge in [-0.05, 0) is 18.1 Å². The number of carbonyl (C=O) groups is 2. The minimum Gasteiger partial charge on any atom is -0.469 e. The zero-order valence-electron chi connectivity index (χ0n) is 10.6. The summed E-state index contributed by atoms with van der Waals surface area (Å²) in [6, 6.07) is 5.41. The molecule has 1 heterocycles. The topological polar surface area (TPSA) is 65.5 Å². The maximum atomic E-state index is 11.5. The minimum atomic E-state index is -0.336. The quantitative estimate of drug-likeness (QED) is 0.720. The summed E-state index contributed by atoms with van der Waals surface area (Å²) in [7, 11) is 1.33. The maximum absolute atomic E-state index is 11.5. The third-order valence-corrected chi connectivity index (χ3v) is 2.37. The molecule has 0 amide bonds. The van der Waals surface area contributed by atoms with Crippen LogP contribution in [-0.2, 0) is 25.7 Å². The van der Waals surface area contributed by atoms with Gasteiger partial charge in [0.2, 0.25) is 0 Å². The number of ether oxygens (including phenoxy) is 2. The van der Waals surface area contributed by atoms with Gasteiger partial charge in [0.25, 0.3) is 0 Å². The molecule has 1 atom stereocenters. The van der Waals surface area contributed by atoms with Gasteiger partial charge in [-0.15, -0.1) is 0 Å². The number of rotatable bonds is 6. The Hall–Kier alpha value is -1.91. The van der Waals surface area contributed by atoms with Crippen LogP contribution in [0.3, 0.4) is 0 Å². The molecule has 0 bridgehead atoms. The molecule has 0 N–H and O–H groups in total. The second kappa shape index (κ2) is 7.42. The van der Waals surface area contributed by atoms with Crippen molar-refractivity contribution in [1.29, 1.82) is 0 Å². The molecular weight excluding hydrogens is 234 g/mol. The first-order chi connectivity index (χ1) is 8.61. The summed E-state index contributed by atoms with van der Waals surface area (Å²) in [5, 5.41) is 0. The predicted molar refractivity (Wildman–Crippen MR) is 64.4 cm³/mol. The summed E-state index contributed by atoms with van der Waals surface area (Å²) in [4.78, 5) is 26.5. The summed E-state index contributed by atoms with van der Waals surface area (Å²) in [6.07, 6.45) is 2.06. The number of pyridine rings is 1. The van der Waals surface area contributed by atoms with Crippen LogP contribution in [0.4, 0.5) is 0 Å². The van der Waals surface area contributed by atoms with Crippen molar-refractivity contribution in [3.05, 3.63) is 30.1 Å². The highest BCUT2D eigenvalue weighted by Gasteiger charge is 2.14. The first-order valence-electron chi connectivity index (χ1n) is 5.74. The maximum Gasteiger partial charge on any atom is 0.306 e. The van der Waals surface area contributed by atoms with Gasteiger partial charge in [0.1, 0.15) is 6.61 Å². The van der Waals surface area contributed by atoms with Gasteiger partial charge in [0, 0.05) is 19.0 Å². The van der Waals surface area contributed by atoms with E-state index in [2.05, 4.69) is 9.72 Å². The molecule has 0 aliphatic carbocycles. The summed E-state index contributed by atoms with van der Waals surface area (Å²) in [5.74, 6) is -0.745. The van der Waals surface area contributed by atoms with Crippen molar-refractivity contribution >= 4 is 11.9 Å². The normalized spacial score (nSPS) is 11.7. The number of carbonyl (C=O) groups excluding carboxylic acids is 2. The van der Waals surface area contributed by atoms with Crippen LogP contribution in [0.1, 0.15) is 25.5 Å². The van der Waals surface area contributed by atoms with Gasteiger partial charge in [-0.1, -0.05) is 13.0 Å². The first kappa shape index (κ1) is 14.2. The highest BCUT2D eigenvalue weighted by molar-refractivity contribution is 5.73. The van der Waals surface area contributed by atoms with Gasteiger partial charge in [-0.2, -0.15) is 0 Å². The van der Waals surface area contributed by atoms with Gasteiger partial charge in [0.15, 0.2) is 0 Å². The molecule has 1 aromatic heterocycles. The Bertz CT molecular complexity index is 391. The van der Waals surface area contributed by atoms with Crippen LogP contribution in [-0.4, -0.2) is 24.0 Å². The molecule has 98 valence electrons. The molecule has 1 aromatic rings. The van der Waals surface area contributed by atoms with Gasteiger partial charge in [0.05, 0.1) is 12.8 Å². The summed E-state index contributed by atoms with van der Waals surface area (Å²) in [5.41, 5.74) is 0.700. The average molecular weight is 251 g/mol. The van der Waals surface area contributed by atoms with E-state index < -0.39 is 0 Å². The molecule has 0 saturated heterocycles. The van der Waals surface area contributed by atoms with Crippen molar-refractivity contribution in [2.75, 3.05) is 7.11 Å². The fourth-order valence-electron chi connectivity index (χ4n) is 1.42. The van der Waals surface area contributed by atoms with Crippen LogP contribution < -0.4 is 0 Å². The second-order valence-electron chi connectivity index (χ2n) is 4.07. The number of nitrogens with zero attached hydrogens (tertiary/aromatic N) is 1. The minimum absolute atomic E-state index is 0.0892. The third kappa shape index (κ3) is 5.43. The Balaban J connectivity index is 2.27. The molecule has 5 nitrogen and oxygen atoms in total. The van der Waals surface area contributed by atoms with Crippen LogP contribution in [0, 0.1) is 5.92 Å². The summed E-state index contributed by atoms with van der Waals surface area (Å²) in [6.45, 7) is 1.96. The first-order valence-corrected chi connectivity index (χ1v) is 5.74. The van der Waals surface area contributed by atoms with E-state index in [0.29, 0.717) is 5.69 Å². The Kier molecular flexibility index (Phi) is 5.84. The third-order valence-electron chi connectivity index (χ3n) is 2.37. The van der Waals surface area contributed by atoms with Crippen LogP contribution in [0.5, 0.6) is 0 Å². The van der Waals surface area contributed by atoms with Crippen LogP contribution in [0.15, 0.2) is 24.4 Å². The number of hydrogen-bond donors (Lipinski definition) is 0. The molecule has 0 aliphatic rings. The molecule has 0 saturated carbocycles. The SMILES string of the molecule is COC(=O)C[C@H](C)CC(=O)OCc1ccccn1. The highest BCUT2D eigenvalue weighted by atomic mass is 16.5. The number of hydrogen-bond acceptors (Lipinski definition) is 5. The van der Waals surface area contributed by atoms with Crippen molar-refractivity contribution < 1.29 is 19.1 Å². The molecule has 0 aliphatic heterocycles. The monoisotopic (exact) mass is 251 g/mol. The zero-order chi connectivity index (χ0) is 13.4. The van der Waals surface area contributed by atoms with E-state index in [1.807, 2.05) is 6.07 Å². The molecule has 0 fully saturated rings. The van der Waals surface area contributed by atoms with E-state index >= 15 is 0 Å². The van der Waals surface area contributed by atoms with E-state index in [4.69, 9.17) is 4.74 Å². The lowest BCUT2D eigenvalue weighted by molar-refractivity contribution is -0.147. The molecule has 1 rings (SSSR count). The molecule has 5 heteroatoms. The highest BCUT2D eigenvalue weighted by Crippen LogP contribution is 2.10. The van der Waals surface area contributed by atoms with Crippen molar-refractivity contribution in [2.45, 2.75) is 26.4 Å². The van der Waals surface area contributed by atoms with Gasteiger partial charge in [-0.3, -0.25) is 14.6 Å². The van der Waals surface area contributed by atoms with Crippen LogP contribution >= 0.6 is 0 Å². The van der Waals surface area contributed by atoms with Crippen molar-refractivity contribution in [3.63, 3.8) is 0 Å². The Morgan fingerprint density at radius 2 is 2.00 bits per heavy atom. The molecule has 0 spiro atoms. The lowest BCUT2D eigenvalue weighted by Gasteiger charge is -2.09. The van der Waals surface area contributed by atoms with Crippen LogP contribution in [0.2, 0.25) is 0 Å². The number of methoxy groups -OCH3 is 1.